The number of hydrogen-bond donors (Lipinski definition) is 2. The third kappa shape index (κ3) is 3.23. The quantitative estimate of drug-likeness (QED) is 0.775. The average molecular weight is 248 g/mol. The van der Waals surface area contributed by atoms with E-state index in [0.29, 0.717) is 13.2 Å². The molecule has 1 aromatic rings. The third-order valence-corrected chi connectivity index (χ3v) is 3.35. The molecule has 1 aliphatic carbocycles. The second-order valence-corrected chi connectivity index (χ2v) is 4.78. The fourth-order valence-electron chi connectivity index (χ4n) is 2.26. The van der Waals surface area contributed by atoms with Crippen molar-refractivity contribution in [1.29, 1.82) is 0 Å². The molecule has 1 fully saturated rings. The molecule has 0 radical (unpaired) electrons. The molecule has 0 bridgehead atoms. The number of benzene rings is 1. The van der Waals surface area contributed by atoms with Crippen LogP contribution in [-0.4, -0.2) is 24.6 Å². The lowest BCUT2D eigenvalue weighted by molar-refractivity contribution is -0.126. The molecule has 0 spiro atoms. The highest BCUT2D eigenvalue weighted by molar-refractivity contribution is 5.86. The van der Waals surface area contributed by atoms with E-state index in [0.717, 1.165) is 31.4 Å². The van der Waals surface area contributed by atoms with Crippen molar-refractivity contribution in [2.24, 2.45) is 5.73 Å². The van der Waals surface area contributed by atoms with Gasteiger partial charge in [0.25, 0.3) is 0 Å². The highest BCUT2D eigenvalue weighted by Gasteiger charge is 2.36. The topological polar surface area (TPSA) is 64.4 Å². The Kier molecular flexibility index (Phi) is 4.20. The first-order valence-corrected chi connectivity index (χ1v) is 6.46. The van der Waals surface area contributed by atoms with Crippen LogP contribution in [0.15, 0.2) is 30.3 Å². The van der Waals surface area contributed by atoms with Gasteiger partial charge in [0.15, 0.2) is 0 Å². The summed E-state index contributed by atoms with van der Waals surface area (Å²) in [6, 6.07) is 9.56. The van der Waals surface area contributed by atoms with Gasteiger partial charge in [-0.1, -0.05) is 31.0 Å². The Morgan fingerprint density at radius 1 is 1.28 bits per heavy atom. The van der Waals surface area contributed by atoms with Gasteiger partial charge in [-0.15, -0.1) is 0 Å². The van der Waals surface area contributed by atoms with Gasteiger partial charge in [-0.3, -0.25) is 4.79 Å². The highest BCUT2D eigenvalue weighted by atomic mass is 16.5. The monoisotopic (exact) mass is 248 g/mol. The predicted molar refractivity (Wildman–Crippen MR) is 70.3 cm³/mol. The Bertz CT molecular complexity index is 386. The van der Waals surface area contributed by atoms with Gasteiger partial charge in [-0.25, -0.2) is 0 Å². The minimum absolute atomic E-state index is 0.0448. The van der Waals surface area contributed by atoms with Gasteiger partial charge in [-0.2, -0.15) is 0 Å². The lowest BCUT2D eigenvalue weighted by Gasteiger charge is -2.22. The number of carbonyl (C=O) groups excluding carboxylic acids is 1. The third-order valence-electron chi connectivity index (χ3n) is 3.35. The summed E-state index contributed by atoms with van der Waals surface area (Å²) in [4.78, 5) is 11.9. The van der Waals surface area contributed by atoms with E-state index in [1.807, 2.05) is 30.3 Å². The van der Waals surface area contributed by atoms with Crippen LogP contribution in [0.1, 0.15) is 25.7 Å². The number of carbonyl (C=O) groups is 1. The first-order chi connectivity index (χ1) is 8.71. The van der Waals surface area contributed by atoms with Gasteiger partial charge >= 0.3 is 0 Å². The van der Waals surface area contributed by atoms with Crippen LogP contribution in [0.25, 0.3) is 0 Å². The van der Waals surface area contributed by atoms with Crippen molar-refractivity contribution in [3.63, 3.8) is 0 Å². The number of ether oxygens (including phenoxy) is 1. The van der Waals surface area contributed by atoms with Crippen LogP contribution in [0.2, 0.25) is 0 Å². The minimum atomic E-state index is -0.646. The summed E-state index contributed by atoms with van der Waals surface area (Å²) in [6.07, 6.45) is 3.67. The van der Waals surface area contributed by atoms with Crippen molar-refractivity contribution in [1.82, 2.24) is 5.32 Å². The van der Waals surface area contributed by atoms with Gasteiger partial charge in [-0.05, 0) is 25.0 Å². The Morgan fingerprint density at radius 2 is 1.94 bits per heavy atom. The van der Waals surface area contributed by atoms with Crippen LogP contribution in [0.4, 0.5) is 0 Å². The molecule has 98 valence electrons. The Morgan fingerprint density at radius 3 is 2.61 bits per heavy atom. The number of para-hydroxylation sites is 1. The lowest BCUT2D eigenvalue weighted by Crippen LogP contribution is -2.52. The van der Waals surface area contributed by atoms with Crippen molar-refractivity contribution in [2.45, 2.75) is 31.2 Å². The predicted octanol–water partition coefficient (Wildman–Crippen LogP) is 1.45. The van der Waals surface area contributed by atoms with Gasteiger partial charge in [0.2, 0.25) is 5.91 Å². The molecule has 1 amide bonds. The molecule has 3 N–H and O–H groups in total. The second-order valence-electron chi connectivity index (χ2n) is 4.78. The molecule has 1 aromatic carbocycles. The molecule has 4 nitrogen and oxygen atoms in total. The summed E-state index contributed by atoms with van der Waals surface area (Å²) < 4.78 is 5.50. The van der Waals surface area contributed by atoms with Crippen LogP contribution in [-0.2, 0) is 4.79 Å². The first kappa shape index (κ1) is 12.9. The van der Waals surface area contributed by atoms with Crippen LogP contribution in [0.5, 0.6) is 5.75 Å². The van der Waals surface area contributed by atoms with Gasteiger partial charge in [0.1, 0.15) is 12.4 Å². The van der Waals surface area contributed by atoms with Gasteiger partial charge in [0, 0.05) is 0 Å². The van der Waals surface area contributed by atoms with E-state index < -0.39 is 5.54 Å². The molecule has 2 rings (SSSR count). The van der Waals surface area contributed by atoms with Crippen LogP contribution >= 0.6 is 0 Å². The normalized spacial score (nSPS) is 17.4. The van der Waals surface area contributed by atoms with Crippen molar-refractivity contribution in [3.05, 3.63) is 30.3 Å². The molecule has 0 atom stereocenters. The standard InChI is InChI=1S/C14H20N2O2/c15-14(8-4-5-9-14)13(17)16-10-11-18-12-6-2-1-3-7-12/h1-3,6-7H,4-5,8-11,15H2,(H,16,17). The molecule has 4 heteroatoms. The average Bonchev–Trinajstić information content (AvgIpc) is 2.84. The number of amides is 1. The largest absolute Gasteiger partial charge is 0.492 e. The second kappa shape index (κ2) is 5.87. The summed E-state index contributed by atoms with van der Waals surface area (Å²) in [5, 5.41) is 2.85. The van der Waals surface area contributed by atoms with E-state index >= 15 is 0 Å². The zero-order valence-electron chi connectivity index (χ0n) is 10.5. The van der Waals surface area contributed by atoms with E-state index in [1.165, 1.54) is 0 Å². The first-order valence-electron chi connectivity index (χ1n) is 6.46. The maximum absolute atomic E-state index is 11.9. The van der Waals surface area contributed by atoms with Crippen LogP contribution in [0.3, 0.4) is 0 Å². The lowest BCUT2D eigenvalue weighted by atomic mass is 9.98. The molecular formula is C14H20N2O2. The maximum atomic E-state index is 11.9. The molecule has 0 unspecified atom stereocenters. The summed E-state index contributed by atoms with van der Waals surface area (Å²) in [5.41, 5.74) is 5.40. The Labute approximate surface area is 108 Å². The van der Waals surface area contributed by atoms with Crippen molar-refractivity contribution >= 4 is 5.91 Å². The zero-order chi connectivity index (χ0) is 12.8. The Hall–Kier alpha value is -1.55. The molecule has 0 aromatic heterocycles. The highest BCUT2D eigenvalue weighted by Crippen LogP contribution is 2.27. The summed E-state index contributed by atoms with van der Waals surface area (Å²) >= 11 is 0. The fourth-order valence-corrected chi connectivity index (χ4v) is 2.26. The maximum Gasteiger partial charge on any atom is 0.240 e. The van der Waals surface area contributed by atoms with Crippen molar-refractivity contribution in [3.8, 4) is 5.75 Å². The summed E-state index contributed by atoms with van der Waals surface area (Å²) in [7, 11) is 0. The van der Waals surface area contributed by atoms with Crippen molar-refractivity contribution < 1.29 is 9.53 Å². The van der Waals surface area contributed by atoms with E-state index in [-0.39, 0.29) is 5.91 Å². The van der Waals surface area contributed by atoms with Crippen molar-refractivity contribution in [2.75, 3.05) is 13.2 Å². The van der Waals surface area contributed by atoms with Gasteiger partial charge in [0.05, 0.1) is 12.1 Å². The van der Waals surface area contributed by atoms with E-state index in [2.05, 4.69) is 5.32 Å². The number of nitrogens with two attached hydrogens (primary N) is 1. The number of rotatable bonds is 5. The SMILES string of the molecule is NC1(C(=O)NCCOc2ccccc2)CCCC1. The molecule has 0 saturated heterocycles. The molecule has 0 aliphatic heterocycles. The van der Waals surface area contributed by atoms with Crippen LogP contribution in [0, 0.1) is 0 Å². The van der Waals surface area contributed by atoms with Crippen LogP contribution < -0.4 is 15.8 Å². The fraction of sp³-hybridized carbons (Fsp3) is 0.500. The molecule has 1 saturated carbocycles. The summed E-state index contributed by atoms with van der Waals surface area (Å²) in [5.74, 6) is 0.770. The molecule has 18 heavy (non-hydrogen) atoms. The Balaban J connectivity index is 1.68. The van der Waals surface area contributed by atoms with E-state index in [9.17, 15) is 4.79 Å². The summed E-state index contributed by atoms with van der Waals surface area (Å²) in [6.45, 7) is 0.957. The van der Waals surface area contributed by atoms with E-state index in [4.69, 9.17) is 10.5 Å². The zero-order valence-corrected chi connectivity index (χ0v) is 10.5. The molecule has 1 aliphatic rings. The number of hydrogen-bond acceptors (Lipinski definition) is 3. The van der Waals surface area contributed by atoms with Gasteiger partial charge < -0.3 is 15.8 Å². The minimum Gasteiger partial charge on any atom is -0.492 e. The molecule has 0 heterocycles. The molecular weight excluding hydrogens is 228 g/mol. The number of nitrogens with one attached hydrogen (secondary N) is 1. The smallest absolute Gasteiger partial charge is 0.240 e. The van der Waals surface area contributed by atoms with E-state index in [1.54, 1.807) is 0 Å².